The van der Waals surface area contributed by atoms with Crippen molar-refractivity contribution < 1.29 is 18.0 Å². The van der Waals surface area contributed by atoms with E-state index in [2.05, 4.69) is 0 Å². The molecule has 1 aromatic rings. The Morgan fingerprint density at radius 3 is 2.40 bits per heavy atom. The smallest absolute Gasteiger partial charge is 0.330 e. The van der Waals surface area contributed by atoms with E-state index in [9.17, 15) is 18.0 Å². The first-order valence-electron chi connectivity index (χ1n) is 6.43. The van der Waals surface area contributed by atoms with Gasteiger partial charge < -0.3 is 10.6 Å². The number of halogens is 3. The number of hydrogen-bond donors (Lipinski definition) is 1. The van der Waals surface area contributed by atoms with Crippen molar-refractivity contribution in [2.24, 2.45) is 11.7 Å². The van der Waals surface area contributed by atoms with E-state index in [1.807, 2.05) is 0 Å². The molecule has 2 N–H and O–H groups in total. The Bertz CT molecular complexity index is 420. The average molecular weight is 288 g/mol. The number of carbonyl (C=O) groups is 1. The summed E-state index contributed by atoms with van der Waals surface area (Å²) in [4.78, 5) is 12.9. The largest absolute Gasteiger partial charge is 0.406 e. The Hall–Kier alpha value is -1.56. The summed E-state index contributed by atoms with van der Waals surface area (Å²) in [5.74, 6) is -1.03. The van der Waals surface area contributed by atoms with E-state index in [0.717, 1.165) is 4.90 Å². The molecule has 112 valence electrons. The van der Waals surface area contributed by atoms with Crippen LogP contribution in [0.5, 0.6) is 0 Å². The highest BCUT2D eigenvalue weighted by atomic mass is 19.4. The van der Waals surface area contributed by atoms with Crippen LogP contribution in [-0.2, 0) is 11.3 Å². The number of nitrogens with zero attached hydrogens (tertiary/aromatic N) is 1. The standard InChI is InChI=1S/C14H19F3N2O/c1-11(7-8-18)13(20)19(10-14(15,16)17)9-12-5-3-2-4-6-12/h2-6,11H,7-10,18H2,1H3. The Labute approximate surface area is 116 Å². The van der Waals surface area contributed by atoms with Gasteiger partial charge >= 0.3 is 6.18 Å². The molecule has 0 aliphatic rings. The van der Waals surface area contributed by atoms with Crippen LogP contribution in [0.2, 0.25) is 0 Å². The second-order valence-corrected chi connectivity index (χ2v) is 4.77. The predicted octanol–water partition coefficient (Wildman–Crippen LogP) is 2.56. The van der Waals surface area contributed by atoms with Crippen LogP contribution < -0.4 is 5.73 Å². The Morgan fingerprint density at radius 1 is 1.30 bits per heavy atom. The fourth-order valence-electron chi connectivity index (χ4n) is 1.92. The van der Waals surface area contributed by atoms with E-state index in [1.54, 1.807) is 37.3 Å². The van der Waals surface area contributed by atoms with Crippen molar-refractivity contribution in [2.75, 3.05) is 13.1 Å². The van der Waals surface area contributed by atoms with Gasteiger partial charge in [-0.1, -0.05) is 37.3 Å². The molecule has 6 heteroatoms. The topological polar surface area (TPSA) is 46.3 Å². The maximum atomic E-state index is 12.6. The van der Waals surface area contributed by atoms with Crippen LogP contribution in [0.25, 0.3) is 0 Å². The SMILES string of the molecule is CC(CCN)C(=O)N(Cc1ccccc1)CC(F)(F)F. The summed E-state index contributed by atoms with van der Waals surface area (Å²) in [6.45, 7) is 0.589. The fraction of sp³-hybridized carbons (Fsp3) is 0.500. The highest BCUT2D eigenvalue weighted by Crippen LogP contribution is 2.20. The number of amides is 1. The minimum atomic E-state index is -4.41. The van der Waals surface area contributed by atoms with Gasteiger partial charge in [0, 0.05) is 12.5 Å². The summed E-state index contributed by atoms with van der Waals surface area (Å²) >= 11 is 0. The van der Waals surface area contributed by atoms with Gasteiger partial charge in [-0.25, -0.2) is 0 Å². The van der Waals surface area contributed by atoms with E-state index < -0.39 is 24.5 Å². The van der Waals surface area contributed by atoms with Gasteiger partial charge in [-0.2, -0.15) is 13.2 Å². The van der Waals surface area contributed by atoms with Gasteiger partial charge in [0.05, 0.1) is 0 Å². The molecule has 0 spiro atoms. The van der Waals surface area contributed by atoms with Gasteiger partial charge in [0.15, 0.2) is 0 Å². The molecule has 0 radical (unpaired) electrons. The highest BCUT2D eigenvalue weighted by Gasteiger charge is 2.34. The molecule has 0 fully saturated rings. The summed E-state index contributed by atoms with van der Waals surface area (Å²) in [5.41, 5.74) is 6.03. The van der Waals surface area contributed by atoms with Crippen LogP contribution in [0, 0.1) is 5.92 Å². The van der Waals surface area contributed by atoms with Gasteiger partial charge in [0.1, 0.15) is 6.54 Å². The van der Waals surface area contributed by atoms with Crippen LogP contribution >= 0.6 is 0 Å². The van der Waals surface area contributed by atoms with Crippen molar-refractivity contribution in [3.8, 4) is 0 Å². The lowest BCUT2D eigenvalue weighted by atomic mass is 10.1. The van der Waals surface area contributed by atoms with E-state index >= 15 is 0 Å². The summed E-state index contributed by atoms with van der Waals surface area (Å²) in [7, 11) is 0. The van der Waals surface area contributed by atoms with Crippen molar-refractivity contribution in [1.82, 2.24) is 4.90 Å². The molecule has 1 aromatic carbocycles. The van der Waals surface area contributed by atoms with Gasteiger partial charge in [0.25, 0.3) is 0 Å². The quantitative estimate of drug-likeness (QED) is 0.874. The van der Waals surface area contributed by atoms with E-state index in [1.165, 1.54) is 0 Å². The van der Waals surface area contributed by atoms with Gasteiger partial charge in [-0.05, 0) is 18.5 Å². The number of nitrogens with two attached hydrogens (primary N) is 1. The van der Waals surface area contributed by atoms with Crippen molar-refractivity contribution >= 4 is 5.91 Å². The normalized spacial score (nSPS) is 13.1. The second-order valence-electron chi connectivity index (χ2n) is 4.77. The van der Waals surface area contributed by atoms with Crippen LogP contribution in [0.1, 0.15) is 18.9 Å². The molecule has 1 unspecified atom stereocenters. The maximum absolute atomic E-state index is 12.6. The molecular formula is C14H19F3N2O. The number of benzene rings is 1. The number of hydrogen-bond acceptors (Lipinski definition) is 2. The number of carbonyl (C=O) groups excluding carboxylic acids is 1. The summed E-state index contributed by atoms with van der Waals surface area (Å²) in [5, 5.41) is 0. The molecule has 1 atom stereocenters. The molecule has 0 saturated heterocycles. The predicted molar refractivity (Wildman–Crippen MR) is 70.7 cm³/mol. The molecular weight excluding hydrogens is 269 g/mol. The zero-order chi connectivity index (χ0) is 15.2. The van der Waals surface area contributed by atoms with Crippen molar-refractivity contribution in [3.63, 3.8) is 0 Å². The number of alkyl halides is 3. The maximum Gasteiger partial charge on any atom is 0.406 e. The first-order valence-corrected chi connectivity index (χ1v) is 6.43. The van der Waals surface area contributed by atoms with Gasteiger partial charge in [-0.15, -0.1) is 0 Å². The lowest BCUT2D eigenvalue weighted by Crippen LogP contribution is -2.41. The van der Waals surface area contributed by atoms with Gasteiger partial charge in [-0.3, -0.25) is 4.79 Å². The average Bonchev–Trinajstić information content (AvgIpc) is 2.37. The third-order valence-electron chi connectivity index (χ3n) is 2.92. The highest BCUT2D eigenvalue weighted by molar-refractivity contribution is 5.78. The molecule has 0 aliphatic carbocycles. The first-order chi connectivity index (χ1) is 9.33. The summed E-state index contributed by atoms with van der Waals surface area (Å²) in [6.07, 6.45) is -4.03. The van der Waals surface area contributed by atoms with Crippen LogP contribution in [0.3, 0.4) is 0 Å². The molecule has 20 heavy (non-hydrogen) atoms. The van der Waals surface area contributed by atoms with Crippen molar-refractivity contribution in [1.29, 1.82) is 0 Å². The molecule has 0 saturated carbocycles. The molecule has 0 heterocycles. The van der Waals surface area contributed by atoms with Crippen LogP contribution in [-0.4, -0.2) is 30.1 Å². The van der Waals surface area contributed by atoms with Gasteiger partial charge in [0.2, 0.25) is 5.91 Å². The molecule has 1 amide bonds. The van der Waals surface area contributed by atoms with Crippen LogP contribution in [0.4, 0.5) is 13.2 Å². The summed E-state index contributed by atoms with van der Waals surface area (Å²) in [6, 6.07) is 8.63. The Balaban J connectivity index is 2.82. The molecule has 0 aliphatic heterocycles. The van der Waals surface area contributed by atoms with E-state index in [-0.39, 0.29) is 13.1 Å². The fourth-order valence-corrected chi connectivity index (χ4v) is 1.92. The molecule has 0 bridgehead atoms. The number of rotatable bonds is 6. The molecule has 3 nitrogen and oxygen atoms in total. The Morgan fingerprint density at radius 2 is 1.90 bits per heavy atom. The minimum absolute atomic E-state index is 0.0475. The zero-order valence-electron chi connectivity index (χ0n) is 11.4. The monoisotopic (exact) mass is 288 g/mol. The summed E-state index contributed by atoms with van der Waals surface area (Å²) < 4.78 is 37.8. The lowest BCUT2D eigenvalue weighted by molar-refractivity contribution is -0.164. The lowest BCUT2D eigenvalue weighted by Gasteiger charge is -2.26. The third kappa shape index (κ3) is 5.61. The van der Waals surface area contributed by atoms with E-state index in [0.29, 0.717) is 12.0 Å². The van der Waals surface area contributed by atoms with Crippen LogP contribution in [0.15, 0.2) is 30.3 Å². The van der Waals surface area contributed by atoms with Crippen molar-refractivity contribution in [3.05, 3.63) is 35.9 Å². The second kappa shape index (κ2) is 7.28. The first kappa shape index (κ1) is 16.5. The zero-order valence-corrected chi connectivity index (χ0v) is 11.4. The molecule has 0 aromatic heterocycles. The van der Waals surface area contributed by atoms with Crippen molar-refractivity contribution in [2.45, 2.75) is 26.1 Å². The third-order valence-corrected chi connectivity index (χ3v) is 2.92. The minimum Gasteiger partial charge on any atom is -0.330 e. The molecule has 1 rings (SSSR count). The Kier molecular flexibility index (Phi) is 6.01. The van der Waals surface area contributed by atoms with E-state index in [4.69, 9.17) is 5.73 Å².